The number of hydrogen-bond donors (Lipinski definition) is 12. The predicted molar refractivity (Wildman–Crippen MR) is 420 cm³/mol. The summed E-state index contributed by atoms with van der Waals surface area (Å²) in [4.78, 5) is 13.5. The minimum Gasteiger partial charge on any atom is -0.394 e. The van der Waals surface area contributed by atoms with Gasteiger partial charge >= 0.3 is 0 Å². The van der Waals surface area contributed by atoms with E-state index in [0.717, 1.165) is 77.0 Å². The molecule has 1 amide bonds. The number of aliphatic hydroxyl groups excluding tert-OH is 11. The largest absolute Gasteiger partial charge is 0.394 e. The topological polar surface area (TPSA) is 307 Å². The Hall–Kier alpha value is -3.29. The summed E-state index contributed by atoms with van der Waals surface area (Å²) in [7, 11) is 0. The highest BCUT2D eigenvalue weighted by Gasteiger charge is 2.54. The highest BCUT2D eigenvalue weighted by Crippen LogP contribution is 2.33. The maximum atomic E-state index is 13.5. The van der Waals surface area contributed by atoms with Crippen molar-refractivity contribution >= 4 is 5.91 Å². The summed E-state index contributed by atoms with van der Waals surface area (Å²) >= 11 is 0. The van der Waals surface area contributed by atoms with Crippen molar-refractivity contribution in [1.82, 2.24) is 5.32 Å². The quantitative estimate of drug-likeness (QED) is 0.0199. The molecule has 17 atom stereocenters. The Bertz CT molecular complexity index is 2270. The zero-order valence-electron chi connectivity index (χ0n) is 65.2. The summed E-state index contributed by atoms with van der Waals surface area (Å²) in [5.41, 5.74) is 0. The van der Waals surface area contributed by atoms with Crippen LogP contribution in [-0.4, -0.2) is 193 Å². The molecule has 0 aromatic heterocycles. The molecule has 3 heterocycles. The molecule has 3 rings (SSSR count). The molecular weight excluding hydrogens is 1330 g/mol. The standard InChI is InChI=1S/C86H151NO18/c1-3-5-7-9-11-13-15-17-19-21-23-25-27-28-29-30-31-32-33-34-35-36-37-38-39-40-42-44-46-48-50-52-54-56-58-60-62-64-74(92)87-69(70(91)63-61-59-57-55-53-51-49-47-45-43-41-26-24-22-20-18-16-14-12-10-8-6-4-2)68-100-84-80(98)77(95)82(72(66-89)102-84)105-86-81(99)78(96)83(73(67-90)103-86)104-85-79(97)76(94)75(93)71(65-88)101-85/h5,7,11,13,17,19,23,25,28-29,31-32,53,55,61,63,69-73,75-86,88-91,93-99H,3-4,6,8-10,12,14-16,18,20-22,24,26-27,30,33-52,54,56-60,62,64-68H2,1-2H3,(H,87,92)/b7-5-,13-11-,19-17-,25-23-,29-28-,32-31-,55-53+,63-61+. The Balaban J connectivity index is 1.34. The van der Waals surface area contributed by atoms with Crippen LogP contribution < -0.4 is 5.32 Å². The lowest BCUT2D eigenvalue weighted by Gasteiger charge is -2.48. The van der Waals surface area contributed by atoms with E-state index in [1.54, 1.807) is 6.08 Å². The fourth-order valence-corrected chi connectivity index (χ4v) is 13.7. The van der Waals surface area contributed by atoms with Crippen LogP contribution in [0.2, 0.25) is 0 Å². The molecule has 3 fully saturated rings. The Morgan fingerprint density at radius 2 is 0.667 bits per heavy atom. The minimum atomic E-state index is -1.98. The van der Waals surface area contributed by atoms with E-state index in [1.807, 2.05) is 6.08 Å². The van der Waals surface area contributed by atoms with Crippen LogP contribution in [0.15, 0.2) is 97.2 Å². The van der Waals surface area contributed by atoms with E-state index in [4.69, 9.17) is 28.4 Å². The van der Waals surface area contributed by atoms with Gasteiger partial charge in [-0.05, 0) is 83.5 Å². The van der Waals surface area contributed by atoms with Gasteiger partial charge in [-0.2, -0.15) is 0 Å². The Morgan fingerprint density at radius 3 is 1.07 bits per heavy atom. The molecular formula is C86H151NO18. The Labute approximate surface area is 634 Å². The van der Waals surface area contributed by atoms with Crippen molar-refractivity contribution < 1.29 is 89.4 Å². The number of hydrogen-bond acceptors (Lipinski definition) is 18. The third-order valence-corrected chi connectivity index (χ3v) is 20.4. The molecule has 0 spiro atoms. The molecule has 17 unspecified atom stereocenters. The number of carbonyl (C=O) groups is 1. The molecule has 0 bridgehead atoms. The number of unbranched alkanes of at least 4 members (excludes halogenated alkanes) is 36. The van der Waals surface area contributed by atoms with E-state index in [2.05, 4.69) is 104 Å². The van der Waals surface area contributed by atoms with Crippen molar-refractivity contribution in [2.45, 2.75) is 413 Å². The number of ether oxygens (including phenoxy) is 6. The van der Waals surface area contributed by atoms with Crippen molar-refractivity contribution in [2.75, 3.05) is 26.4 Å². The van der Waals surface area contributed by atoms with Crippen molar-refractivity contribution in [1.29, 1.82) is 0 Å². The number of amides is 1. The van der Waals surface area contributed by atoms with Gasteiger partial charge < -0.3 is 89.9 Å². The van der Waals surface area contributed by atoms with Crippen molar-refractivity contribution in [2.24, 2.45) is 0 Å². The summed E-state index contributed by atoms with van der Waals surface area (Å²) in [5.74, 6) is -0.283. The molecule has 3 aliphatic rings. The second-order valence-electron chi connectivity index (χ2n) is 29.6. The van der Waals surface area contributed by atoms with E-state index < -0.39 is 124 Å². The van der Waals surface area contributed by atoms with Crippen LogP contribution in [0.1, 0.15) is 309 Å². The normalized spacial score (nSPS) is 26.3. The van der Waals surface area contributed by atoms with Gasteiger partial charge in [0.1, 0.15) is 73.2 Å². The third-order valence-electron chi connectivity index (χ3n) is 20.4. The van der Waals surface area contributed by atoms with Gasteiger partial charge in [0.25, 0.3) is 0 Å². The monoisotopic (exact) mass is 1490 g/mol. The smallest absolute Gasteiger partial charge is 0.220 e. The molecule has 0 radical (unpaired) electrons. The first-order chi connectivity index (χ1) is 51.3. The highest BCUT2D eigenvalue weighted by atomic mass is 16.8. The minimum absolute atomic E-state index is 0.233. The van der Waals surface area contributed by atoms with E-state index in [1.165, 1.54) is 199 Å². The van der Waals surface area contributed by atoms with Gasteiger partial charge in [0.15, 0.2) is 18.9 Å². The molecule has 19 nitrogen and oxygen atoms in total. The Kier molecular flexibility index (Phi) is 59.8. The van der Waals surface area contributed by atoms with Crippen LogP contribution in [0.4, 0.5) is 0 Å². The zero-order chi connectivity index (χ0) is 76.0. The number of allylic oxidation sites excluding steroid dienone is 15. The van der Waals surface area contributed by atoms with Crippen LogP contribution in [0.3, 0.4) is 0 Å². The highest BCUT2D eigenvalue weighted by molar-refractivity contribution is 5.76. The molecule has 3 saturated heterocycles. The molecule has 0 aromatic rings. The maximum absolute atomic E-state index is 13.5. The SMILES string of the molecule is CC/C=C\C/C=C\C/C=C\C/C=C\C/C=C\C/C=C\CCCCCCCCCCCCCCCCCCCCC(=O)NC(COC1OC(CO)C(OC2OC(CO)C(OC3OC(CO)C(O)C(O)C3O)C(O)C2O)C(O)C1O)C(O)/C=C/CC/C=C/CCCCCCCCCCCCCCCCCCC. The number of rotatable bonds is 66. The number of nitrogens with one attached hydrogen (secondary N) is 1. The first kappa shape index (κ1) is 95.9. The van der Waals surface area contributed by atoms with Gasteiger partial charge in [0, 0.05) is 6.42 Å². The van der Waals surface area contributed by atoms with E-state index in [9.17, 15) is 61.0 Å². The van der Waals surface area contributed by atoms with Gasteiger partial charge in [0.05, 0.1) is 38.6 Å². The van der Waals surface area contributed by atoms with E-state index in [0.29, 0.717) is 12.8 Å². The van der Waals surface area contributed by atoms with Gasteiger partial charge in [-0.25, -0.2) is 0 Å². The van der Waals surface area contributed by atoms with Crippen LogP contribution in [0.25, 0.3) is 0 Å². The molecule has 12 N–H and O–H groups in total. The van der Waals surface area contributed by atoms with E-state index in [-0.39, 0.29) is 18.9 Å². The van der Waals surface area contributed by atoms with Gasteiger partial charge in [-0.3, -0.25) is 4.79 Å². The van der Waals surface area contributed by atoms with Gasteiger partial charge in [-0.15, -0.1) is 0 Å². The lowest BCUT2D eigenvalue weighted by Crippen LogP contribution is -2.66. The summed E-state index contributed by atoms with van der Waals surface area (Å²) in [5, 5.41) is 121. The average molecular weight is 1490 g/mol. The fraction of sp³-hybridized carbons (Fsp3) is 0.802. The second-order valence-corrected chi connectivity index (χ2v) is 29.6. The fourth-order valence-electron chi connectivity index (χ4n) is 13.7. The van der Waals surface area contributed by atoms with Crippen molar-refractivity contribution in [3.63, 3.8) is 0 Å². The predicted octanol–water partition coefficient (Wildman–Crippen LogP) is 14.7. The summed E-state index contributed by atoms with van der Waals surface area (Å²) in [6, 6.07) is -0.995. The first-order valence-corrected chi connectivity index (χ1v) is 42.0. The Morgan fingerprint density at radius 1 is 0.352 bits per heavy atom. The van der Waals surface area contributed by atoms with Gasteiger partial charge in [-0.1, -0.05) is 317 Å². The molecule has 19 heteroatoms. The number of aliphatic hydroxyl groups is 11. The molecule has 105 heavy (non-hydrogen) atoms. The van der Waals surface area contributed by atoms with E-state index >= 15 is 0 Å². The van der Waals surface area contributed by atoms with Crippen molar-refractivity contribution in [3.05, 3.63) is 97.2 Å². The summed E-state index contributed by atoms with van der Waals surface area (Å²) in [6.45, 7) is 1.63. The molecule has 0 aliphatic carbocycles. The third kappa shape index (κ3) is 45.0. The molecule has 0 saturated carbocycles. The van der Waals surface area contributed by atoms with Crippen LogP contribution >= 0.6 is 0 Å². The maximum Gasteiger partial charge on any atom is 0.220 e. The van der Waals surface area contributed by atoms with Crippen LogP contribution in [0, 0.1) is 0 Å². The zero-order valence-corrected chi connectivity index (χ0v) is 65.2. The molecule has 3 aliphatic heterocycles. The lowest BCUT2D eigenvalue weighted by molar-refractivity contribution is -0.379. The summed E-state index contributed by atoms with van der Waals surface area (Å²) in [6.07, 6.45) is 62.6. The van der Waals surface area contributed by atoms with Crippen LogP contribution in [-0.2, 0) is 33.2 Å². The van der Waals surface area contributed by atoms with Gasteiger partial charge in [0.2, 0.25) is 5.91 Å². The first-order valence-electron chi connectivity index (χ1n) is 42.0. The summed E-state index contributed by atoms with van der Waals surface area (Å²) < 4.78 is 34.5. The number of carbonyl (C=O) groups excluding carboxylic acids is 1. The second kappa shape index (κ2) is 65.4. The average Bonchev–Trinajstić information content (AvgIpc) is 0.779. The van der Waals surface area contributed by atoms with Crippen molar-refractivity contribution in [3.8, 4) is 0 Å². The van der Waals surface area contributed by atoms with Crippen LogP contribution in [0.5, 0.6) is 0 Å². The molecule has 608 valence electrons. The lowest BCUT2D eigenvalue weighted by atomic mass is 9.96. The molecule has 0 aromatic carbocycles.